The van der Waals surface area contributed by atoms with E-state index in [1.54, 1.807) is 0 Å². The third-order valence-electron chi connectivity index (χ3n) is 2.90. The van der Waals surface area contributed by atoms with Crippen molar-refractivity contribution in [2.24, 2.45) is 0 Å². The van der Waals surface area contributed by atoms with Crippen LogP contribution < -0.4 is 5.73 Å². The van der Waals surface area contributed by atoms with E-state index >= 15 is 0 Å². The molecule has 1 unspecified atom stereocenters. The molecule has 0 aliphatic carbocycles. The van der Waals surface area contributed by atoms with E-state index in [1.165, 1.54) is 11.3 Å². The first-order valence-electron chi connectivity index (χ1n) is 4.77. The van der Waals surface area contributed by atoms with E-state index in [4.69, 9.17) is 5.73 Å². The predicted molar refractivity (Wildman–Crippen MR) is 52.4 cm³/mol. The lowest BCUT2D eigenvalue weighted by Crippen LogP contribution is -2.31. The predicted octanol–water partition coefficient (Wildman–Crippen LogP) is 0.931. The summed E-state index contributed by atoms with van der Waals surface area (Å²) in [7, 11) is 2.15. The Morgan fingerprint density at radius 2 is 2.46 bits per heavy atom. The van der Waals surface area contributed by atoms with E-state index in [-0.39, 0.29) is 0 Å². The van der Waals surface area contributed by atoms with Gasteiger partial charge in [-0.05, 0) is 19.9 Å². The number of nitrogens with two attached hydrogens (primary N) is 1. The van der Waals surface area contributed by atoms with Gasteiger partial charge >= 0.3 is 0 Å². The number of fused-ring (bicyclic) bond motifs is 1. The van der Waals surface area contributed by atoms with Gasteiger partial charge in [0.05, 0.1) is 11.7 Å². The zero-order valence-electron chi connectivity index (χ0n) is 8.17. The topological polar surface area (TPSA) is 57.9 Å². The third kappa shape index (κ3) is 1.21. The van der Waals surface area contributed by atoms with Gasteiger partial charge in [-0.25, -0.2) is 0 Å². The molecule has 0 saturated heterocycles. The number of hydrogen-bond acceptors (Lipinski definition) is 3. The first-order valence-corrected chi connectivity index (χ1v) is 4.77. The van der Waals surface area contributed by atoms with Crippen LogP contribution in [0.1, 0.15) is 30.6 Å². The van der Waals surface area contributed by atoms with Crippen molar-refractivity contribution in [2.75, 3.05) is 19.3 Å². The van der Waals surface area contributed by atoms with Crippen LogP contribution in [0.2, 0.25) is 0 Å². The summed E-state index contributed by atoms with van der Waals surface area (Å²) in [5, 5.41) is 7.10. The van der Waals surface area contributed by atoms with E-state index in [9.17, 15) is 0 Å². The fourth-order valence-corrected chi connectivity index (χ4v) is 2.11. The first kappa shape index (κ1) is 8.56. The number of H-pyrrole nitrogens is 1. The van der Waals surface area contributed by atoms with Gasteiger partial charge in [0.2, 0.25) is 0 Å². The minimum Gasteiger partial charge on any atom is -0.382 e. The molecule has 0 bridgehead atoms. The SMILES string of the molecule is CCC1c2[nH]nc(N)c2CCN1C. The van der Waals surface area contributed by atoms with Crippen LogP contribution >= 0.6 is 0 Å². The van der Waals surface area contributed by atoms with E-state index in [2.05, 4.69) is 29.1 Å². The maximum atomic E-state index is 5.76. The van der Waals surface area contributed by atoms with Crippen LogP contribution in [-0.4, -0.2) is 28.7 Å². The van der Waals surface area contributed by atoms with Crippen LogP contribution in [0.25, 0.3) is 0 Å². The Morgan fingerprint density at radius 3 is 3.15 bits per heavy atom. The Labute approximate surface area is 78.1 Å². The molecule has 1 aromatic rings. The van der Waals surface area contributed by atoms with Crippen LogP contribution in [0, 0.1) is 0 Å². The van der Waals surface area contributed by atoms with E-state index in [1.807, 2.05) is 0 Å². The van der Waals surface area contributed by atoms with E-state index in [0.29, 0.717) is 11.9 Å². The molecule has 4 nitrogen and oxygen atoms in total. The number of hydrogen-bond donors (Lipinski definition) is 2. The Balaban J connectivity index is 2.40. The van der Waals surface area contributed by atoms with Gasteiger partial charge in [0.1, 0.15) is 5.82 Å². The van der Waals surface area contributed by atoms with Crippen molar-refractivity contribution in [1.29, 1.82) is 0 Å². The largest absolute Gasteiger partial charge is 0.382 e. The summed E-state index contributed by atoms with van der Waals surface area (Å²) in [5.41, 5.74) is 8.21. The highest BCUT2D eigenvalue weighted by Gasteiger charge is 2.26. The van der Waals surface area contributed by atoms with Crippen LogP contribution in [-0.2, 0) is 6.42 Å². The molecule has 4 heteroatoms. The Morgan fingerprint density at radius 1 is 1.69 bits per heavy atom. The summed E-state index contributed by atoms with van der Waals surface area (Å²) in [6.45, 7) is 3.27. The van der Waals surface area contributed by atoms with Gasteiger partial charge in [0.15, 0.2) is 0 Å². The van der Waals surface area contributed by atoms with Crippen molar-refractivity contribution in [3.05, 3.63) is 11.3 Å². The number of rotatable bonds is 1. The minimum atomic E-state index is 0.466. The molecule has 1 aromatic heterocycles. The molecule has 3 N–H and O–H groups in total. The van der Waals surface area contributed by atoms with E-state index in [0.717, 1.165) is 19.4 Å². The molecular formula is C9H16N4. The number of nitrogens with one attached hydrogen (secondary N) is 1. The summed E-state index contributed by atoms with van der Waals surface area (Å²) >= 11 is 0. The standard InChI is InChI=1S/C9H16N4/c1-3-7-8-6(4-5-13(7)2)9(10)12-11-8/h7H,3-5H2,1-2H3,(H3,10,11,12). The summed E-state index contributed by atoms with van der Waals surface area (Å²) in [4.78, 5) is 2.35. The summed E-state index contributed by atoms with van der Waals surface area (Å²) in [5.74, 6) is 0.682. The van der Waals surface area contributed by atoms with Gasteiger partial charge in [-0.3, -0.25) is 10.00 Å². The molecule has 1 atom stereocenters. The number of likely N-dealkylation sites (N-methyl/N-ethyl adjacent to an activating group) is 1. The highest BCUT2D eigenvalue weighted by Crippen LogP contribution is 2.31. The zero-order chi connectivity index (χ0) is 9.42. The summed E-state index contributed by atoms with van der Waals surface area (Å²) < 4.78 is 0. The minimum absolute atomic E-state index is 0.466. The number of nitrogens with zero attached hydrogens (tertiary/aromatic N) is 2. The van der Waals surface area contributed by atoms with Gasteiger partial charge in [-0.15, -0.1) is 0 Å². The molecule has 0 radical (unpaired) electrons. The zero-order valence-corrected chi connectivity index (χ0v) is 8.17. The van der Waals surface area contributed by atoms with Gasteiger partial charge in [-0.2, -0.15) is 5.10 Å². The molecule has 2 heterocycles. The second-order valence-corrected chi connectivity index (χ2v) is 3.66. The number of aromatic nitrogens is 2. The van der Waals surface area contributed by atoms with Gasteiger partial charge in [0.25, 0.3) is 0 Å². The summed E-state index contributed by atoms with van der Waals surface area (Å²) in [6, 6.07) is 0.466. The fraction of sp³-hybridized carbons (Fsp3) is 0.667. The van der Waals surface area contributed by atoms with Gasteiger partial charge in [0, 0.05) is 12.1 Å². The molecule has 13 heavy (non-hydrogen) atoms. The van der Waals surface area contributed by atoms with Gasteiger partial charge < -0.3 is 5.73 Å². The summed E-state index contributed by atoms with van der Waals surface area (Å²) in [6.07, 6.45) is 2.12. The molecule has 0 fully saturated rings. The Hall–Kier alpha value is -1.03. The van der Waals surface area contributed by atoms with Crippen LogP contribution in [0.5, 0.6) is 0 Å². The third-order valence-corrected chi connectivity index (χ3v) is 2.90. The highest BCUT2D eigenvalue weighted by molar-refractivity contribution is 5.44. The van der Waals surface area contributed by atoms with Crippen molar-refractivity contribution in [1.82, 2.24) is 15.1 Å². The maximum Gasteiger partial charge on any atom is 0.148 e. The maximum absolute atomic E-state index is 5.76. The lowest BCUT2D eigenvalue weighted by atomic mass is 9.98. The first-order chi connectivity index (χ1) is 6.24. The molecule has 1 aliphatic rings. The molecule has 72 valence electrons. The van der Waals surface area contributed by atoms with Crippen molar-refractivity contribution in [3.63, 3.8) is 0 Å². The van der Waals surface area contributed by atoms with Crippen molar-refractivity contribution in [2.45, 2.75) is 25.8 Å². The van der Waals surface area contributed by atoms with Gasteiger partial charge in [-0.1, -0.05) is 6.92 Å². The Kier molecular flexibility index (Phi) is 2.00. The smallest absolute Gasteiger partial charge is 0.148 e. The monoisotopic (exact) mass is 180 g/mol. The second kappa shape index (κ2) is 3.03. The molecule has 0 spiro atoms. The number of anilines is 1. The van der Waals surface area contributed by atoms with E-state index < -0.39 is 0 Å². The normalized spacial score (nSPS) is 23.1. The highest BCUT2D eigenvalue weighted by atomic mass is 15.2. The lowest BCUT2D eigenvalue weighted by Gasteiger charge is -2.31. The number of nitrogen functional groups attached to an aromatic ring is 1. The van der Waals surface area contributed by atoms with Crippen molar-refractivity contribution >= 4 is 5.82 Å². The fourth-order valence-electron chi connectivity index (χ4n) is 2.11. The quantitative estimate of drug-likeness (QED) is 0.676. The average molecular weight is 180 g/mol. The van der Waals surface area contributed by atoms with Crippen molar-refractivity contribution in [3.8, 4) is 0 Å². The molecule has 0 amide bonds. The molecule has 1 aliphatic heterocycles. The van der Waals surface area contributed by atoms with Crippen LogP contribution in [0.4, 0.5) is 5.82 Å². The Bertz CT molecular complexity index is 305. The van der Waals surface area contributed by atoms with Crippen molar-refractivity contribution < 1.29 is 0 Å². The van der Waals surface area contributed by atoms with Crippen LogP contribution in [0.15, 0.2) is 0 Å². The van der Waals surface area contributed by atoms with Crippen LogP contribution in [0.3, 0.4) is 0 Å². The number of aromatic amines is 1. The molecule has 2 rings (SSSR count). The average Bonchev–Trinajstić information content (AvgIpc) is 2.48. The second-order valence-electron chi connectivity index (χ2n) is 3.66. The molecule has 0 saturated carbocycles. The molecule has 0 aromatic carbocycles. The lowest BCUT2D eigenvalue weighted by molar-refractivity contribution is 0.221. The molecular weight excluding hydrogens is 164 g/mol.